The van der Waals surface area contributed by atoms with Crippen LogP contribution in [0.25, 0.3) is 0 Å². The number of hydrogen-bond donors (Lipinski definition) is 0. The predicted octanol–water partition coefficient (Wildman–Crippen LogP) is -0.457. The monoisotopic (exact) mass is 88.1 g/mol. The van der Waals surface area contributed by atoms with Gasteiger partial charge in [-0.15, -0.1) is 0 Å². The van der Waals surface area contributed by atoms with E-state index >= 15 is 0 Å². The molecular formula is C3H9BO2. The first-order valence-electron chi connectivity index (χ1n) is 1.97. The Labute approximate surface area is 38.8 Å². The van der Waals surface area contributed by atoms with Crippen molar-refractivity contribution in [3.05, 3.63) is 0 Å². The van der Waals surface area contributed by atoms with Crippen molar-refractivity contribution in [2.24, 2.45) is 0 Å². The molecule has 0 spiro atoms. The SMILES string of the molecule is BC(C)OOC. The summed E-state index contributed by atoms with van der Waals surface area (Å²) in [6.07, 6.45) is 0. The molecule has 1 unspecified atom stereocenters. The molecular weight excluding hydrogens is 78.8 g/mol. The fraction of sp³-hybridized carbons (Fsp3) is 1.00. The van der Waals surface area contributed by atoms with Gasteiger partial charge in [0.15, 0.2) is 0 Å². The molecule has 0 aliphatic rings. The van der Waals surface area contributed by atoms with Gasteiger partial charge in [-0.25, -0.2) is 9.78 Å². The fourth-order valence-corrected chi connectivity index (χ4v) is 0.192. The largest absolute Gasteiger partial charge is 0.243 e. The average Bonchev–Trinajstić information content (AvgIpc) is 1.35. The van der Waals surface area contributed by atoms with Crippen LogP contribution in [0, 0.1) is 0 Å². The third-order valence-corrected chi connectivity index (χ3v) is 0.289. The van der Waals surface area contributed by atoms with Crippen LogP contribution in [0.5, 0.6) is 0 Å². The molecule has 0 amide bonds. The highest BCUT2D eigenvalue weighted by Crippen LogP contribution is 1.78. The van der Waals surface area contributed by atoms with Gasteiger partial charge in [0.05, 0.1) is 13.1 Å². The van der Waals surface area contributed by atoms with Crippen molar-refractivity contribution in [3.63, 3.8) is 0 Å². The molecule has 0 aliphatic carbocycles. The highest BCUT2D eigenvalue weighted by molar-refractivity contribution is 6.10. The van der Waals surface area contributed by atoms with Crippen molar-refractivity contribution < 1.29 is 9.78 Å². The van der Waals surface area contributed by atoms with Crippen molar-refractivity contribution in [3.8, 4) is 0 Å². The molecule has 0 aromatic carbocycles. The summed E-state index contributed by atoms with van der Waals surface area (Å²) in [6, 6.07) is 0.176. The maximum absolute atomic E-state index is 4.54. The van der Waals surface area contributed by atoms with Gasteiger partial charge in [-0.3, -0.25) is 0 Å². The maximum atomic E-state index is 4.54. The highest BCUT2D eigenvalue weighted by Gasteiger charge is 1.86. The Morgan fingerprint density at radius 1 is 1.67 bits per heavy atom. The molecule has 0 N–H and O–H groups in total. The van der Waals surface area contributed by atoms with Crippen molar-refractivity contribution in [1.29, 1.82) is 0 Å². The van der Waals surface area contributed by atoms with Crippen molar-refractivity contribution >= 4 is 7.85 Å². The van der Waals surface area contributed by atoms with Gasteiger partial charge in [-0.1, -0.05) is 0 Å². The van der Waals surface area contributed by atoms with Crippen LogP contribution in [0.15, 0.2) is 0 Å². The molecule has 0 radical (unpaired) electrons. The minimum atomic E-state index is 0.176. The molecule has 0 saturated carbocycles. The van der Waals surface area contributed by atoms with E-state index < -0.39 is 0 Å². The number of rotatable bonds is 2. The molecule has 0 aromatic rings. The summed E-state index contributed by atoms with van der Waals surface area (Å²) in [5, 5.41) is 0. The lowest BCUT2D eigenvalue weighted by Gasteiger charge is -1.98. The van der Waals surface area contributed by atoms with Crippen molar-refractivity contribution in [2.45, 2.75) is 12.9 Å². The lowest BCUT2D eigenvalue weighted by molar-refractivity contribution is -0.281. The summed E-state index contributed by atoms with van der Waals surface area (Å²) in [5.41, 5.74) is 0. The van der Waals surface area contributed by atoms with E-state index in [1.165, 1.54) is 7.11 Å². The van der Waals surface area contributed by atoms with Crippen LogP contribution < -0.4 is 0 Å². The molecule has 2 nitrogen and oxygen atoms in total. The van der Waals surface area contributed by atoms with E-state index in [4.69, 9.17) is 0 Å². The van der Waals surface area contributed by atoms with Gasteiger partial charge >= 0.3 is 0 Å². The summed E-state index contributed by atoms with van der Waals surface area (Å²) < 4.78 is 0. The first kappa shape index (κ1) is 5.98. The Bertz CT molecular complexity index is 30.0. The summed E-state index contributed by atoms with van der Waals surface area (Å²) in [6.45, 7) is 1.91. The van der Waals surface area contributed by atoms with Gasteiger partial charge in [-0.2, -0.15) is 0 Å². The number of hydrogen-bond acceptors (Lipinski definition) is 2. The van der Waals surface area contributed by atoms with Crippen LogP contribution in [-0.4, -0.2) is 21.0 Å². The Morgan fingerprint density at radius 3 is 2.17 bits per heavy atom. The molecule has 3 heteroatoms. The highest BCUT2D eigenvalue weighted by atomic mass is 17.2. The smallest absolute Gasteiger partial charge is 0.143 e. The Balaban J connectivity index is 2.63. The molecule has 0 saturated heterocycles. The third-order valence-electron chi connectivity index (χ3n) is 0.289. The van der Waals surface area contributed by atoms with Gasteiger partial charge in [0.1, 0.15) is 7.85 Å². The second-order valence-electron chi connectivity index (χ2n) is 1.31. The van der Waals surface area contributed by atoms with Crippen LogP contribution in [0.3, 0.4) is 0 Å². The molecule has 0 fully saturated rings. The van der Waals surface area contributed by atoms with E-state index in [1.807, 2.05) is 14.8 Å². The fourth-order valence-electron chi connectivity index (χ4n) is 0.192. The lowest BCUT2D eigenvalue weighted by atomic mass is 10.0. The quantitative estimate of drug-likeness (QED) is 0.258. The van der Waals surface area contributed by atoms with Gasteiger partial charge in [0.2, 0.25) is 0 Å². The normalized spacial score (nSPS) is 14.3. The second kappa shape index (κ2) is 3.19. The molecule has 0 aliphatic heterocycles. The average molecular weight is 87.9 g/mol. The van der Waals surface area contributed by atoms with Gasteiger partial charge < -0.3 is 0 Å². The van der Waals surface area contributed by atoms with E-state index in [2.05, 4.69) is 9.78 Å². The van der Waals surface area contributed by atoms with E-state index in [-0.39, 0.29) is 6.00 Å². The zero-order chi connectivity index (χ0) is 4.99. The summed E-state index contributed by atoms with van der Waals surface area (Å²) >= 11 is 0. The van der Waals surface area contributed by atoms with E-state index in [0.29, 0.717) is 0 Å². The molecule has 1 atom stereocenters. The predicted molar refractivity (Wildman–Crippen MR) is 26.1 cm³/mol. The molecule has 0 aromatic heterocycles. The summed E-state index contributed by atoms with van der Waals surface area (Å²) in [4.78, 5) is 8.84. The Kier molecular flexibility index (Phi) is 3.18. The molecule has 36 valence electrons. The molecule has 0 bridgehead atoms. The first-order valence-corrected chi connectivity index (χ1v) is 1.97. The molecule has 0 rings (SSSR count). The minimum Gasteiger partial charge on any atom is -0.243 e. The lowest BCUT2D eigenvalue weighted by Crippen LogP contribution is -2.04. The third kappa shape index (κ3) is 3.98. The second-order valence-corrected chi connectivity index (χ2v) is 1.31. The van der Waals surface area contributed by atoms with Gasteiger partial charge in [-0.05, 0) is 6.92 Å². The summed E-state index contributed by atoms with van der Waals surface area (Å²) in [5.74, 6) is 0. The minimum absolute atomic E-state index is 0.176. The van der Waals surface area contributed by atoms with Gasteiger partial charge in [0, 0.05) is 0 Å². The van der Waals surface area contributed by atoms with Crippen LogP contribution in [-0.2, 0) is 9.78 Å². The standard InChI is InChI=1S/C3H9BO2/c1-3(4)6-5-2/h3H,4H2,1-2H3. The molecule has 0 heterocycles. The summed E-state index contributed by atoms with van der Waals surface area (Å²) in [7, 11) is 3.41. The first-order chi connectivity index (χ1) is 2.77. The van der Waals surface area contributed by atoms with E-state index in [1.54, 1.807) is 0 Å². The zero-order valence-electron chi connectivity index (χ0n) is 4.39. The Hall–Kier alpha value is -0.0151. The Morgan fingerprint density at radius 2 is 2.17 bits per heavy atom. The van der Waals surface area contributed by atoms with Gasteiger partial charge in [0.25, 0.3) is 0 Å². The van der Waals surface area contributed by atoms with Crippen LogP contribution in [0.1, 0.15) is 6.92 Å². The molecule has 6 heavy (non-hydrogen) atoms. The van der Waals surface area contributed by atoms with Crippen LogP contribution >= 0.6 is 0 Å². The van der Waals surface area contributed by atoms with E-state index in [0.717, 1.165) is 0 Å². The van der Waals surface area contributed by atoms with E-state index in [9.17, 15) is 0 Å². The van der Waals surface area contributed by atoms with Crippen molar-refractivity contribution in [1.82, 2.24) is 0 Å². The van der Waals surface area contributed by atoms with Crippen molar-refractivity contribution in [2.75, 3.05) is 7.11 Å². The van der Waals surface area contributed by atoms with Crippen LogP contribution in [0.4, 0.5) is 0 Å². The topological polar surface area (TPSA) is 18.5 Å². The maximum Gasteiger partial charge on any atom is 0.143 e. The zero-order valence-corrected chi connectivity index (χ0v) is 4.39. The van der Waals surface area contributed by atoms with Crippen LogP contribution in [0.2, 0.25) is 0 Å².